The molecule has 1 saturated carbocycles. The van der Waals surface area contributed by atoms with E-state index in [0.717, 1.165) is 19.3 Å². The summed E-state index contributed by atoms with van der Waals surface area (Å²) in [6.07, 6.45) is 3.78. The number of aliphatic hydroxyl groups excluding tert-OH is 1. The minimum Gasteiger partial charge on any atom is -0.391 e. The van der Waals surface area contributed by atoms with Crippen LogP contribution in [-0.4, -0.2) is 40.3 Å². The van der Waals surface area contributed by atoms with E-state index in [2.05, 4.69) is 4.90 Å². The fourth-order valence-electron chi connectivity index (χ4n) is 3.68. The summed E-state index contributed by atoms with van der Waals surface area (Å²) in [5, 5.41) is 20.7. The fraction of sp³-hybridized carbons (Fsp3) is 0.625. The Morgan fingerprint density at radius 3 is 2.45 bits per heavy atom. The highest BCUT2D eigenvalue weighted by Gasteiger charge is 2.39. The van der Waals surface area contributed by atoms with Crippen LogP contribution in [0.5, 0.6) is 0 Å². The zero-order valence-corrected chi connectivity index (χ0v) is 11.6. The van der Waals surface area contributed by atoms with Gasteiger partial charge in [0, 0.05) is 24.7 Å². The van der Waals surface area contributed by atoms with Gasteiger partial charge in [0.2, 0.25) is 0 Å². The molecule has 1 aromatic carbocycles. The Morgan fingerprint density at radius 1 is 1.15 bits per heavy atom. The lowest BCUT2D eigenvalue weighted by Gasteiger charge is -2.42. The van der Waals surface area contributed by atoms with Crippen LogP contribution in [0.2, 0.25) is 0 Å². The number of aliphatic hydroxyl groups is 2. The summed E-state index contributed by atoms with van der Waals surface area (Å²) in [5.41, 5.74) is -0.655. The Labute approximate surface area is 119 Å². The molecule has 1 aliphatic carbocycles. The van der Waals surface area contributed by atoms with Crippen LogP contribution in [0.3, 0.4) is 0 Å². The van der Waals surface area contributed by atoms with Crippen LogP contribution >= 0.6 is 0 Å². The lowest BCUT2D eigenvalue weighted by Crippen LogP contribution is -2.49. The number of halogens is 1. The standard InChI is InChI=1S/C16H22FNO2/c17-13-5-2-1-4-12(13)16(20)8-10-18(11-9-16)14-6-3-7-15(14)19/h1-2,4-5,14-15,19-20H,3,6-11H2/t14-,15-/m1/s1. The monoisotopic (exact) mass is 279 g/mol. The molecule has 4 heteroatoms. The van der Waals surface area contributed by atoms with Gasteiger partial charge in [-0.2, -0.15) is 0 Å². The van der Waals surface area contributed by atoms with Crippen molar-refractivity contribution in [1.82, 2.24) is 4.90 Å². The van der Waals surface area contributed by atoms with Gasteiger partial charge in [-0.1, -0.05) is 18.2 Å². The molecule has 0 amide bonds. The molecular formula is C16H22FNO2. The Kier molecular flexibility index (Phi) is 3.80. The molecule has 2 atom stereocenters. The van der Waals surface area contributed by atoms with Crippen LogP contribution in [0.1, 0.15) is 37.7 Å². The summed E-state index contributed by atoms with van der Waals surface area (Å²) in [4.78, 5) is 2.26. The van der Waals surface area contributed by atoms with Gasteiger partial charge < -0.3 is 10.2 Å². The summed E-state index contributed by atoms with van der Waals surface area (Å²) in [6.45, 7) is 1.43. The number of rotatable bonds is 2. The van der Waals surface area contributed by atoms with E-state index in [-0.39, 0.29) is 18.0 Å². The summed E-state index contributed by atoms with van der Waals surface area (Å²) in [5.74, 6) is -0.329. The van der Waals surface area contributed by atoms with Gasteiger partial charge in [-0.25, -0.2) is 4.39 Å². The van der Waals surface area contributed by atoms with Crippen LogP contribution in [-0.2, 0) is 5.60 Å². The van der Waals surface area contributed by atoms with Gasteiger partial charge in [-0.15, -0.1) is 0 Å². The molecule has 1 aromatic rings. The van der Waals surface area contributed by atoms with Crippen LogP contribution in [0.4, 0.5) is 4.39 Å². The number of hydrogen-bond donors (Lipinski definition) is 2. The third kappa shape index (κ3) is 2.48. The van der Waals surface area contributed by atoms with Gasteiger partial charge in [0.15, 0.2) is 0 Å². The Morgan fingerprint density at radius 2 is 1.85 bits per heavy atom. The van der Waals surface area contributed by atoms with Gasteiger partial charge in [0.1, 0.15) is 5.82 Å². The first-order valence-corrected chi connectivity index (χ1v) is 7.50. The number of nitrogens with zero attached hydrogens (tertiary/aromatic N) is 1. The van der Waals surface area contributed by atoms with Crippen LogP contribution in [0, 0.1) is 5.82 Å². The summed E-state index contributed by atoms with van der Waals surface area (Å²) in [7, 11) is 0. The highest BCUT2D eigenvalue weighted by Crippen LogP contribution is 2.36. The van der Waals surface area contributed by atoms with E-state index < -0.39 is 5.60 Å². The average Bonchev–Trinajstić information content (AvgIpc) is 2.86. The minimum atomic E-state index is -1.06. The molecule has 0 unspecified atom stereocenters. The maximum absolute atomic E-state index is 13.9. The predicted molar refractivity (Wildman–Crippen MR) is 74.7 cm³/mol. The molecule has 2 aliphatic rings. The second-order valence-corrected chi connectivity index (χ2v) is 6.11. The maximum Gasteiger partial charge on any atom is 0.129 e. The fourth-order valence-corrected chi connectivity index (χ4v) is 3.68. The average molecular weight is 279 g/mol. The van der Waals surface area contributed by atoms with Crippen LogP contribution < -0.4 is 0 Å². The zero-order valence-electron chi connectivity index (χ0n) is 11.6. The van der Waals surface area contributed by atoms with E-state index in [1.54, 1.807) is 18.2 Å². The summed E-state index contributed by atoms with van der Waals surface area (Å²) < 4.78 is 13.9. The zero-order chi connectivity index (χ0) is 14.2. The SMILES string of the molecule is O[C@@H]1CCC[C@H]1N1CCC(O)(c2ccccc2F)CC1. The molecule has 0 spiro atoms. The van der Waals surface area contributed by atoms with Gasteiger partial charge in [0.25, 0.3) is 0 Å². The van der Waals surface area contributed by atoms with Crippen molar-refractivity contribution in [3.05, 3.63) is 35.6 Å². The molecule has 3 rings (SSSR count). The molecule has 2 fully saturated rings. The molecule has 2 N–H and O–H groups in total. The van der Waals surface area contributed by atoms with E-state index in [1.807, 2.05) is 0 Å². The highest BCUT2D eigenvalue weighted by atomic mass is 19.1. The molecule has 20 heavy (non-hydrogen) atoms. The molecular weight excluding hydrogens is 257 g/mol. The first kappa shape index (κ1) is 14.0. The second-order valence-electron chi connectivity index (χ2n) is 6.11. The van der Waals surface area contributed by atoms with Gasteiger partial charge in [0.05, 0.1) is 11.7 Å². The van der Waals surface area contributed by atoms with E-state index in [4.69, 9.17) is 0 Å². The molecule has 1 saturated heterocycles. The summed E-state index contributed by atoms with van der Waals surface area (Å²) in [6, 6.07) is 6.71. The quantitative estimate of drug-likeness (QED) is 0.870. The van der Waals surface area contributed by atoms with Crippen LogP contribution in [0.25, 0.3) is 0 Å². The number of piperidine rings is 1. The Bertz CT molecular complexity index is 471. The topological polar surface area (TPSA) is 43.7 Å². The van der Waals surface area contributed by atoms with E-state index in [0.29, 0.717) is 31.5 Å². The largest absolute Gasteiger partial charge is 0.391 e. The predicted octanol–water partition coefficient (Wildman–Crippen LogP) is 2.02. The number of likely N-dealkylation sites (tertiary alicyclic amines) is 1. The highest BCUT2D eigenvalue weighted by molar-refractivity contribution is 5.25. The molecule has 1 aliphatic heterocycles. The lowest BCUT2D eigenvalue weighted by molar-refractivity contribution is -0.0496. The van der Waals surface area contributed by atoms with Gasteiger partial charge in [-0.05, 0) is 38.2 Å². The van der Waals surface area contributed by atoms with Crippen LogP contribution in [0.15, 0.2) is 24.3 Å². The molecule has 3 nitrogen and oxygen atoms in total. The Hall–Kier alpha value is -0.970. The van der Waals surface area contributed by atoms with E-state index >= 15 is 0 Å². The van der Waals surface area contributed by atoms with Crippen molar-refractivity contribution < 1.29 is 14.6 Å². The smallest absolute Gasteiger partial charge is 0.129 e. The van der Waals surface area contributed by atoms with Crippen molar-refractivity contribution in [2.45, 2.75) is 49.9 Å². The summed E-state index contributed by atoms with van der Waals surface area (Å²) >= 11 is 0. The van der Waals surface area contributed by atoms with Crippen molar-refractivity contribution in [3.8, 4) is 0 Å². The first-order chi connectivity index (χ1) is 9.60. The normalized spacial score (nSPS) is 30.6. The third-order valence-corrected chi connectivity index (χ3v) is 4.91. The third-order valence-electron chi connectivity index (χ3n) is 4.91. The van der Waals surface area contributed by atoms with E-state index in [1.165, 1.54) is 6.07 Å². The maximum atomic E-state index is 13.9. The molecule has 0 radical (unpaired) electrons. The van der Waals surface area contributed by atoms with Crippen molar-refractivity contribution >= 4 is 0 Å². The minimum absolute atomic E-state index is 0.222. The Balaban J connectivity index is 1.70. The number of hydrogen-bond acceptors (Lipinski definition) is 3. The van der Waals surface area contributed by atoms with E-state index in [9.17, 15) is 14.6 Å². The van der Waals surface area contributed by atoms with Gasteiger partial charge in [-0.3, -0.25) is 4.90 Å². The number of benzene rings is 1. The van der Waals surface area contributed by atoms with Crippen molar-refractivity contribution in [2.75, 3.05) is 13.1 Å². The second kappa shape index (κ2) is 5.43. The molecule has 1 heterocycles. The van der Waals surface area contributed by atoms with Crippen molar-refractivity contribution in [3.63, 3.8) is 0 Å². The molecule has 0 aromatic heterocycles. The molecule has 0 bridgehead atoms. The lowest BCUT2D eigenvalue weighted by atomic mass is 9.83. The van der Waals surface area contributed by atoms with Crippen molar-refractivity contribution in [1.29, 1.82) is 0 Å². The van der Waals surface area contributed by atoms with Crippen molar-refractivity contribution in [2.24, 2.45) is 0 Å². The van der Waals surface area contributed by atoms with Gasteiger partial charge >= 0.3 is 0 Å². The molecule has 110 valence electrons. The first-order valence-electron chi connectivity index (χ1n) is 7.50.